The zero-order valence-electron chi connectivity index (χ0n) is 10.5. The molecule has 19 heavy (non-hydrogen) atoms. The van der Waals surface area contributed by atoms with Crippen LogP contribution in [0.3, 0.4) is 0 Å². The number of hydrogen-bond donors (Lipinski definition) is 0. The molecule has 0 radical (unpaired) electrons. The van der Waals surface area contributed by atoms with Crippen molar-refractivity contribution >= 4 is 0 Å². The summed E-state index contributed by atoms with van der Waals surface area (Å²) in [5.74, 6) is -0.277. The van der Waals surface area contributed by atoms with Gasteiger partial charge in [-0.1, -0.05) is 0 Å². The molecule has 0 aliphatic rings. The molecule has 0 aliphatic heterocycles. The van der Waals surface area contributed by atoms with Crippen LogP contribution in [0.25, 0.3) is 0 Å². The van der Waals surface area contributed by atoms with Gasteiger partial charge in [-0.2, -0.15) is 0 Å². The Bertz CT molecular complexity index is 586. The van der Waals surface area contributed by atoms with Crippen molar-refractivity contribution in [2.75, 3.05) is 0 Å². The van der Waals surface area contributed by atoms with E-state index in [1.165, 1.54) is 12.1 Å². The Morgan fingerprint density at radius 3 is 1.37 bits per heavy atom. The van der Waals surface area contributed by atoms with Crippen molar-refractivity contribution in [3.8, 4) is 11.5 Å². The van der Waals surface area contributed by atoms with E-state index >= 15 is 0 Å². The molecule has 0 spiro atoms. The van der Waals surface area contributed by atoms with Gasteiger partial charge in [-0.15, -0.1) is 0 Å². The van der Waals surface area contributed by atoms with Crippen LogP contribution in [-0.4, -0.2) is 0 Å². The molecule has 2 heterocycles. The third-order valence-corrected chi connectivity index (χ3v) is 1.86. The molecule has 0 aliphatic carbocycles. The Hall–Kier alpha value is -1.56. The van der Waals surface area contributed by atoms with E-state index in [4.69, 9.17) is 0 Å². The molecule has 0 atom stereocenters. The van der Waals surface area contributed by atoms with Gasteiger partial charge >= 0.3 is 27.7 Å². The molecule has 0 aromatic carbocycles. The van der Waals surface area contributed by atoms with Crippen molar-refractivity contribution in [3.05, 3.63) is 56.6 Å². The molecule has 6 nitrogen and oxygen atoms in total. The van der Waals surface area contributed by atoms with Gasteiger partial charge in [-0.3, -0.25) is 9.59 Å². The van der Waals surface area contributed by atoms with Gasteiger partial charge in [0, 0.05) is 12.1 Å². The summed E-state index contributed by atoms with van der Waals surface area (Å²) < 4.78 is 9.25. The van der Waals surface area contributed by atoms with Crippen LogP contribution in [0.5, 0.6) is 11.5 Å². The van der Waals surface area contributed by atoms with Crippen LogP contribution in [-0.2, 0) is 27.7 Å². The third kappa shape index (κ3) is 5.74. The van der Waals surface area contributed by atoms with E-state index in [-0.39, 0.29) is 27.7 Å². The fraction of sp³-hybridized carbons (Fsp3) is 0.167. The number of hydrogen-bond acceptors (Lipinski definition) is 6. The van der Waals surface area contributed by atoms with Gasteiger partial charge in [-0.25, -0.2) is 0 Å². The Morgan fingerprint density at radius 1 is 0.842 bits per heavy atom. The largest absolute Gasteiger partial charge is 2.00 e. The first-order chi connectivity index (χ1) is 8.40. The molecular weight excluding hydrogens is 441 g/mol. The predicted molar refractivity (Wildman–Crippen MR) is 58.3 cm³/mol. The van der Waals surface area contributed by atoms with Gasteiger partial charge in [0.1, 0.15) is 11.5 Å². The molecule has 0 N–H and O–H groups in total. The summed E-state index contributed by atoms with van der Waals surface area (Å²) in [6, 6.07) is 2.34. The van der Waals surface area contributed by atoms with Crippen LogP contribution in [0, 0.1) is 13.8 Å². The Labute approximate surface area is 128 Å². The maximum Gasteiger partial charge on any atom is 2.00 e. The van der Waals surface area contributed by atoms with E-state index in [1.54, 1.807) is 13.8 Å². The summed E-state index contributed by atoms with van der Waals surface area (Å²) in [7, 11) is 0. The zero-order chi connectivity index (χ0) is 13.7. The fourth-order valence-electron chi connectivity index (χ4n) is 0.989. The van der Waals surface area contributed by atoms with Crippen LogP contribution < -0.4 is 21.1 Å². The fourth-order valence-corrected chi connectivity index (χ4v) is 0.989. The van der Waals surface area contributed by atoms with Crippen molar-refractivity contribution in [3.63, 3.8) is 0 Å². The van der Waals surface area contributed by atoms with Crippen molar-refractivity contribution in [1.29, 1.82) is 0 Å². The molecule has 0 unspecified atom stereocenters. The van der Waals surface area contributed by atoms with E-state index < -0.39 is 22.4 Å². The summed E-state index contributed by atoms with van der Waals surface area (Å²) in [4.78, 5) is 20.9. The van der Waals surface area contributed by atoms with Gasteiger partial charge in [0.2, 0.25) is 0 Å². The van der Waals surface area contributed by atoms with Crippen LogP contribution in [0.4, 0.5) is 0 Å². The van der Waals surface area contributed by atoms with Crippen molar-refractivity contribution in [1.82, 2.24) is 0 Å². The van der Waals surface area contributed by atoms with Crippen LogP contribution >= 0.6 is 0 Å². The second-order valence-electron chi connectivity index (χ2n) is 3.44. The molecule has 0 saturated carbocycles. The monoisotopic (exact) mass is 452 g/mol. The van der Waals surface area contributed by atoms with E-state index in [2.05, 4.69) is 8.83 Å². The molecule has 0 saturated heterocycles. The number of aryl methyl sites for hydroxylation is 2. The molecule has 2 aromatic rings. The second-order valence-corrected chi connectivity index (χ2v) is 3.44. The average Bonchev–Trinajstić information content (AvgIpc) is 2.30. The second kappa shape index (κ2) is 7.78. The summed E-state index contributed by atoms with van der Waals surface area (Å²) in [5, 5.41) is 20.7. The van der Waals surface area contributed by atoms with Crippen LogP contribution in [0.2, 0.25) is 0 Å². The first-order valence-electron chi connectivity index (χ1n) is 4.93. The standard InChI is InChI=1S/2C6H6O3.Hg/c2*1-4-2-5(7)6(8)3-9-4;/h2*2-3,8H,1H3;/q;;+2/p-2. The maximum atomic E-state index is 10.5. The van der Waals surface area contributed by atoms with Crippen molar-refractivity contribution in [2.45, 2.75) is 13.8 Å². The molecule has 7 heteroatoms. The summed E-state index contributed by atoms with van der Waals surface area (Å²) >= 11 is 0. The molecule has 0 amide bonds. The van der Waals surface area contributed by atoms with Gasteiger partial charge in [0.05, 0.1) is 12.5 Å². The molecule has 2 rings (SSSR count). The quantitative estimate of drug-likeness (QED) is 0.525. The molecule has 0 bridgehead atoms. The van der Waals surface area contributed by atoms with E-state index in [0.717, 1.165) is 12.5 Å². The van der Waals surface area contributed by atoms with Crippen LogP contribution in [0.1, 0.15) is 11.5 Å². The van der Waals surface area contributed by atoms with E-state index in [9.17, 15) is 19.8 Å². The minimum Gasteiger partial charge on any atom is -0.868 e. The Kier molecular flexibility index (Phi) is 7.14. The molecular formula is C12H10HgO6. The first kappa shape index (κ1) is 17.4. The third-order valence-electron chi connectivity index (χ3n) is 1.86. The summed E-state index contributed by atoms with van der Waals surface area (Å²) in [6.45, 7) is 3.22. The van der Waals surface area contributed by atoms with Crippen molar-refractivity contribution < 1.29 is 46.7 Å². The van der Waals surface area contributed by atoms with Gasteiger partial charge < -0.3 is 19.0 Å². The first-order valence-corrected chi connectivity index (χ1v) is 4.93. The normalized spacial score (nSPS) is 8.95. The molecule has 2 aromatic heterocycles. The average molecular weight is 451 g/mol. The van der Waals surface area contributed by atoms with Crippen molar-refractivity contribution in [2.24, 2.45) is 0 Å². The van der Waals surface area contributed by atoms with Crippen LogP contribution in [0.15, 0.2) is 43.1 Å². The smallest absolute Gasteiger partial charge is 0.868 e. The summed E-state index contributed by atoms with van der Waals surface area (Å²) in [5.41, 5.74) is -1.03. The Morgan fingerprint density at radius 2 is 1.16 bits per heavy atom. The van der Waals surface area contributed by atoms with Gasteiger partial charge in [-0.05, 0) is 25.3 Å². The van der Waals surface area contributed by atoms with Gasteiger partial charge in [0.15, 0.2) is 10.9 Å². The van der Waals surface area contributed by atoms with Gasteiger partial charge in [0.25, 0.3) is 0 Å². The maximum absolute atomic E-state index is 10.5. The topological polar surface area (TPSA) is 107 Å². The summed E-state index contributed by atoms with van der Waals surface area (Å²) in [6.07, 6.45) is 1.83. The minimum atomic E-state index is -0.597. The number of rotatable bonds is 0. The molecule has 0 fully saturated rings. The molecule has 96 valence electrons. The minimum absolute atomic E-state index is 0. The Balaban J connectivity index is 0.000000324. The van der Waals surface area contributed by atoms with E-state index in [1.807, 2.05) is 0 Å². The zero-order valence-corrected chi connectivity index (χ0v) is 16.0. The van der Waals surface area contributed by atoms with E-state index in [0.29, 0.717) is 11.5 Å². The SMILES string of the molecule is Cc1cc(=O)c([O-])co1.Cc1cc(=O)c([O-])co1.[Hg+2]. The predicted octanol–water partition coefficient (Wildman–Crippen LogP) is 0.0411.